The Morgan fingerprint density at radius 2 is 1.53 bits per heavy atom. The number of hydrogen-bond donors (Lipinski definition) is 0. The van der Waals surface area contributed by atoms with Gasteiger partial charge in [-0.2, -0.15) is 0 Å². The maximum absolute atomic E-state index is 13.7. The van der Waals surface area contributed by atoms with Gasteiger partial charge in [0, 0.05) is 22.5 Å². The van der Waals surface area contributed by atoms with E-state index >= 15 is 0 Å². The fourth-order valence-corrected chi connectivity index (χ4v) is 3.39. The minimum Gasteiger partial charge on any atom is -0.490 e. The predicted octanol–water partition coefficient (Wildman–Crippen LogP) is 5.74. The van der Waals surface area contributed by atoms with E-state index in [4.69, 9.17) is 9.47 Å². The Balaban J connectivity index is 1.72. The molecule has 4 heteroatoms. The highest BCUT2D eigenvalue weighted by atomic mass is 16.6. The number of ether oxygens (including phenoxy) is 2. The molecule has 3 aromatic rings. The van der Waals surface area contributed by atoms with E-state index in [0.717, 1.165) is 29.3 Å². The molecule has 30 heavy (non-hydrogen) atoms. The molecule has 0 aliphatic carbocycles. The predicted molar refractivity (Wildman–Crippen MR) is 120 cm³/mol. The van der Waals surface area contributed by atoms with Gasteiger partial charge < -0.3 is 9.47 Å². The van der Waals surface area contributed by atoms with Gasteiger partial charge in [-0.3, -0.25) is 9.69 Å². The first-order valence-corrected chi connectivity index (χ1v) is 10.3. The molecule has 0 aromatic heterocycles. The van der Waals surface area contributed by atoms with E-state index in [1.54, 1.807) is 4.90 Å². The molecule has 4 nitrogen and oxygen atoms in total. The van der Waals surface area contributed by atoms with Crippen molar-refractivity contribution in [1.29, 1.82) is 0 Å². The molecule has 0 bridgehead atoms. The molecule has 154 valence electrons. The lowest BCUT2D eigenvalue weighted by atomic mass is 9.85. The second kappa shape index (κ2) is 8.33. The van der Waals surface area contributed by atoms with Crippen molar-refractivity contribution in [2.24, 2.45) is 0 Å². The van der Waals surface area contributed by atoms with Crippen LogP contribution in [0.3, 0.4) is 0 Å². The van der Waals surface area contributed by atoms with Crippen LogP contribution in [-0.2, 0) is 10.2 Å². The van der Waals surface area contributed by atoms with Crippen molar-refractivity contribution < 1.29 is 14.3 Å². The van der Waals surface area contributed by atoms with Crippen molar-refractivity contribution in [3.05, 3.63) is 90.0 Å². The third-order valence-corrected chi connectivity index (χ3v) is 5.09. The topological polar surface area (TPSA) is 42.1 Å². The molecule has 0 saturated carbocycles. The molecule has 1 unspecified atom stereocenters. The van der Waals surface area contributed by atoms with Gasteiger partial charge in [0.05, 0.1) is 6.61 Å². The average Bonchev–Trinajstić information content (AvgIpc) is 3.58. The zero-order valence-corrected chi connectivity index (χ0v) is 17.7. The zero-order valence-electron chi connectivity index (χ0n) is 17.7. The van der Waals surface area contributed by atoms with Gasteiger partial charge in [-0.15, -0.1) is 0 Å². The van der Waals surface area contributed by atoms with Gasteiger partial charge in [0.1, 0.15) is 18.5 Å². The molecule has 1 heterocycles. The number of nitrogens with zero attached hydrogens (tertiary/aromatic N) is 1. The standard InChI is InChI=1S/C26H27NO3/c1-26(2,3)23-16-19(14-15-24(23)30-18-22-17-29-22)25(28)27(20-10-6-4-7-11-20)21-12-8-5-9-13-21/h4-16,22H,17-18H2,1-3H3. The molecule has 1 saturated heterocycles. The van der Waals surface area contributed by atoms with E-state index in [1.807, 2.05) is 78.9 Å². The van der Waals surface area contributed by atoms with Gasteiger partial charge in [0.15, 0.2) is 0 Å². The van der Waals surface area contributed by atoms with Crippen molar-refractivity contribution in [2.45, 2.75) is 32.3 Å². The summed E-state index contributed by atoms with van der Waals surface area (Å²) in [5.41, 5.74) is 3.13. The van der Waals surface area contributed by atoms with E-state index < -0.39 is 0 Å². The lowest BCUT2D eigenvalue weighted by molar-refractivity contribution is 0.0999. The Morgan fingerprint density at radius 3 is 2.03 bits per heavy atom. The molecule has 3 aromatic carbocycles. The number of epoxide rings is 1. The SMILES string of the molecule is CC(C)(C)c1cc(C(=O)N(c2ccccc2)c2ccccc2)ccc1OCC1CO1. The minimum absolute atomic E-state index is 0.0741. The van der Waals surface area contributed by atoms with Gasteiger partial charge in [-0.1, -0.05) is 57.2 Å². The molecule has 0 spiro atoms. The number of hydrogen-bond acceptors (Lipinski definition) is 3. The van der Waals surface area contributed by atoms with Crippen molar-refractivity contribution in [3.63, 3.8) is 0 Å². The highest BCUT2D eigenvalue weighted by Crippen LogP contribution is 2.34. The molecule has 1 fully saturated rings. The fourth-order valence-electron chi connectivity index (χ4n) is 3.39. The van der Waals surface area contributed by atoms with Gasteiger partial charge in [-0.05, 0) is 47.9 Å². The monoisotopic (exact) mass is 401 g/mol. The summed E-state index contributed by atoms with van der Waals surface area (Å²) in [6.07, 6.45) is 0.186. The van der Waals surface area contributed by atoms with Gasteiger partial charge in [0.25, 0.3) is 5.91 Å². The Kier molecular flexibility index (Phi) is 5.60. The molecular weight excluding hydrogens is 374 g/mol. The Hall–Kier alpha value is -3.11. The van der Waals surface area contributed by atoms with Crippen molar-refractivity contribution >= 4 is 17.3 Å². The average molecular weight is 402 g/mol. The third kappa shape index (κ3) is 4.55. The summed E-state index contributed by atoms with van der Waals surface area (Å²) in [6, 6.07) is 25.2. The Labute approximate surface area is 178 Å². The maximum Gasteiger partial charge on any atom is 0.262 e. The number of carbonyl (C=O) groups is 1. The summed E-state index contributed by atoms with van der Waals surface area (Å²) in [5, 5.41) is 0. The number of anilines is 2. The van der Waals surface area contributed by atoms with Crippen LogP contribution in [-0.4, -0.2) is 25.2 Å². The summed E-state index contributed by atoms with van der Waals surface area (Å²) >= 11 is 0. The summed E-state index contributed by atoms with van der Waals surface area (Å²) in [6.45, 7) is 7.68. The van der Waals surface area contributed by atoms with Crippen LogP contribution in [0.15, 0.2) is 78.9 Å². The fraction of sp³-hybridized carbons (Fsp3) is 0.269. The maximum atomic E-state index is 13.7. The van der Waals surface area contributed by atoms with Crippen LogP contribution in [0.5, 0.6) is 5.75 Å². The van der Waals surface area contributed by atoms with Crippen LogP contribution in [0.4, 0.5) is 11.4 Å². The van der Waals surface area contributed by atoms with Crippen molar-refractivity contribution in [1.82, 2.24) is 0 Å². The van der Waals surface area contributed by atoms with E-state index in [9.17, 15) is 4.79 Å². The molecule has 4 rings (SSSR count). The lowest BCUT2D eigenvalue weighted by Gasteiger charge is -2.26. The second-order valence-corrected chi connectivity index (χ2v) is 8.54. The first kappa shape index (κ1) is 20.2. The molecule has 1 atom stereocenters. The number of carbonyl (C=O) groups excluding carboxylic acids is 1. The first-order valence-electron chi connectivity index (χ1n) is 10.3. The second-order valence-electron chi connectivity index (χ2n) is 8.54. The molecular formula is C26H27NO3. The van der Waals surface area contributed by atoms with Gasteiger partial charge >= 0.3 is 0 Å². The van der Waals surface area contributed by atoms with Gasteiger partial charge in [-0.25, -0.2) is 0 Å². The van der Waals surface area contributed by atoms with Crippen LogP contribution in [0.2, 0.25) is 0 Å². The zero-order chi connectivity index (χ0) is 21.1. The molecule has 0 N–H and O–H groups in total. The highest BCUT2D eigenvalue weighted by Gasteiger charge is 2.27. The van der Waals surface area contributed by atoms with E-state index in [0.29, 0.717) is 12.2 Å². The van der Waals surface area contributed by atoms with E-state index in [1.165, 1.54) is 0 Å². The molecule has 1 amide bonds. The van der Waals surface area contributed by atoms with Gasteiger partial charge in [0.2, 0.25) is 0 Å². The summed E-state index contributed by atoms with van der Waals surface area (Å²) in [4.78, 5) is 15.4. The van der Waals surface area contributed by atoms with Crippen molar-refractivity contribution in [2.75, 3.05) is 18.1 Å². The number of para-hydroxylation sites is 2. The van der Waals surface area contributed by atoms with Crippen LogP contribution < -0.4 is 9.64 Å². The largest absolute Gasteiger partial charge is 0.490 e. The highest BCUT2D eigenvalue weighted by molar-refractivity contribution is 6.11. The smallest absolute Gasteiger partial charge is 0.262 e. The molecule has 1 aliphatic heterocycles. The molecule has 0 radical (unpaired) electrons. The Bertz CT molecular complexity index is 966. The number of benzene rings is 3. The summed E-state index contributed by atoms with van der Waals surface area (Å²) < 4.78 is 11.3. The van der Waals surface area contributed by atoms with Crippen LogP contribution in [0.25, 0.3) is 0 Å². The van der Waals surface area contributed by atoms with Crippen molar-refractivity contribution in [3.8, 4) is 5.75 Å². The lowest BCUT2D eigenvalue weighted by Crippen LogP contribution is -2.26. The van der Waals surface area contributed by atoms with Crippen LogP contribution >= 0.6 is 0 Å². The van der Waals surface area contributed by atoms with E-state index in [-0.39, 0.29) is 17.4 Å². The summed E-state index contributed by atoms with van der Waals surface area (Å²) in [7, 11) is 0. The molecule has 1 aliphatic rings. The minimum atomic E-state index is -0.166. The normalized spacial score (nSPS) is 15.5. The first-order chi connectivity index (χ1) is 14.4. The quantitative estimate of drug-likeness (QED) is 0.495. The van der Waals surface area contributed by atoms with E-state index in [2.05, 4.69) is 20.8 Å². The van der Waals surface area contributed by atoms with Crippen LogP contribution in [0.1, 0.15) is 36.7 Å². The third-order valence-electron chi connectivity index (χ3n) is 5.09. The van der Waals surface area contributed by atoms with Crippen LogP contribution in [0, 0.1) is 0 Å². The Morgan fingerprint density at radius 1 is 0.967 bits per heavy atom. The number of amides is 1. The number of rotatable bonds is 6. The summed E-state index contributed by atoms with van der Waals surface area (Å²) in [5.74, 6) is 0.732.